The van der Waals surface area contributed by atoms with Gasteiger partial charge in [-0.1, -0.05) is 166 Å². The van der Waals surface area contributed by atoms with Gasteiger partial charge in [-0.25, -0.2) is 15.0 Å². The van der Waals surface area contributed by atoms with Crippen molar-refractivity contribution in [3.8, 4) is 67.5 Å². The maximum atomic E-state index is 6.88. The zero-order chi connectivity index (χ0) is 50.6. The number of fused-ring (bicyclic) bond motifs is 13. The van der Waals surface area contributed by atoms with Gasteiger partial charge in [0.2, 0.25) is 0 Å². The predicted octanol–water partition coefficient (Wildman–Crippen LogP) is 17.1. The molecular weight excluding hydrogens is 1130 g/mol. The molecule has 9 aromatic carbocycles. The fourth-order valence-electron chi connectivity index (χ4n) is 11.7. The SMILES string of the molecule is CC(C)(C)c1ccnc(-n2c3[c-]c(Oc4[c-]c(N5[CH-]N(c6c(-c7ccccc7)cccc6-c6ccccc6)c6ncncc65)ccc4)ccc3c3c4c(ccc32)-n2c3ccccc3c3cccc(c32)-c2ccccc2-4)c1.[Pt]. The van der Waals surface area contributed by atoms with Gasteiger partial charge in [0, 0.05) is 83.0 Å². The van der Waals surface area contributed by atoms with Crippen molar-refractivity contribution in [3.05, 3.63) is 243 Å². The van der Waals surface area contributed by atoms with E-state index in [1.165, 1.54) is 44.1 Å². The van der Waals surface area contributed by atoms with Gasteiger partial charge in [0.15, 0.2) is 0 Å². The van der Waals surface area contributed by atoms with Gasteiger partial charge in [-0.05, 0) is 69.0 Å². The average Bonchev–Trinajstić information content (AvgIpc) is 4.29. The summed E-state index contributed by atoms with van der Waals surface area (Å²) in [6.45, 7) is 8.81. The Morgan fingerprint density at radius 3 is 1.99 bits per heavy atom. The van der Waals surface area contributed by atoms with Crippen molar-refractivity contribution in [2.75, 3.05) is 9.80 Å². The van der Waals surface area contributed by atoms with E-state index in [9.17, 15) is 0 Å². The topological polar surface area (TPSA) is 64.2 Å². The van der Waals surface area contributed by atoms with E-state index in [1.807, 2.05) is 48.8 Å². The minimum atomic E-state index is -0.107. The van der Waals surface area contributed by atoms with Crippen LogP contribution in [0.1, 0.15) is 26.3 Å². The number of benzene rings is 9. The maximum Gasteiger partial charge on any atom is 0.135 e. The normalized spacial score (nSPS) is 12.7. The van der Waals surface area contributed by atoms with Crippen molar-refractivity contribution >= 4 is 66.5 Å². The van der Waals surface area contributed by atoms with Crippen LogP contribution in [-0.2, 0) is 26.5 Å². The standard InChI is InChI=1S/C68H46N7O.Pt/c1-68(2,3)45-35-36-70-62(37-45)74-58-33-34-59-63(53-25-11-10-23-51(53)54-28-16-29-55-52-24-12-13-30-57(52)75(59)66(54)55)64(58)56-32-31-48(39-60(56)74)76-47-22-14-21-46(38-47)72-42-73(67-61(72)40-69-41-71-67)65-49(43-17-6-4-7-18-43)26-15-27-50(65)44-19-8-5-9-20-44;/h4-37,40-42H,1-3H3;/q-3;. The number of rotatable bonds is 7. The molecule has 0 fully saturated rings. The summed E-state index contributed by atoms with van der Waals surface area (Å²) in [7, 11) is 0. The fraction of sp³-hybridized carbons (Fsp3) is 0.0588. The van der Waals surface area contributed by atoms with Crippen molar-refractivity contribution in [1.82, 2.24) is 24.1 Å². The Kier molecular flexibility index (Phi) is 10.9. The third-order valence-electron chi connectivity index (χ3n) is 15.1. The number of para-hydroxylation sites is 3. The second-order valence-electron chi connectivity index (χ2n) is 20.5. The summed E-state index contributed by atoms with van der Waals surface area (Å²) < 4.78 is 11.6. The van der Waals surface area contributed by atoms with Crippen LogP contribution >= 0.6 is 0 Å². The number of hydrogen-bond donors (Lipinski definition) is 0. The first-order chi connectivity index (χ1) is 37.4. The Morgan fingerprint density at radius 1 is 0.519 bits per heavy atom. The summed E-state index contributed by atoms with van der Waals surface area (Å²) in [4.78, 5) is 18.8. The molecule has 15 rings (SSSR count). The van der Waals surface area contributed by atoms with Crippen LogP contribution in [0.25, 0.3) is 99.6 Å². The molecule has 0 atom stereocenters. The van der Waals surface area contributed by atoms with Crippen LogP contribution in [0, 0.1) is 18.8 Å². The van der Waals surface area contributed by atoms with Crippen LogP contribution < -0.4 is 14.5 Å². The minimum Gasteiger partial charge on any atom is -0.509 e. The Labute approximate surface area is 460 Å². The molecule has 2 aliphatic heterocycles. The molecule has 0 aliphatic carbocycles. The fourth-order valence-corrected chi connectivity index (χ4v) is 11.7. The van der Waals surface area contributed by atoms with Gasteiger partial charge in [0.1, 0.15) is 18.0 Å². The van der Waals surface area contributed by atoms with Gasteiger partial charge in [-0.15, -0.1) is 48.1 Å². The smallest absolute Gasteiger partial charge is 0.135 e. The van der Waals surface area contributed by atoms with Gasteiger partial charge < -0.3 is 23.7 Å². The molecule has 77 heavy (non-hydrogen) atoms. The van der Waals surface area contributed by atoms with Crippen LogP contribution in [0.15, 0.2) is 219 Å². The Hall–Kier alpha value is -9.10. The number of aromatic nitrogens is 5. The molecule has 372 valence electrons. The van der Waals surface area contributed by atoms with E-state index in [1.54, 1.807) is 6.33 Å². The molecule has 0 saturated carbocycles. The number of nitrogens with zero attached hydrogens (tertiary/aromatic N) is 7. The maximum absolute atomic E-state index is 6.88. The van der Waals surface area contributed by atoms with Gasteiger partial charge in [-0.2, -0.15) is 12.1 Å². The van der Waals surface area contributed by atoms with E-state index in [0.717, 1.165) is 84.0 Å². The number of pyridine rings is 1. The van der Waals surface area contributed by atoms with Gasteiger partial charge in [0.25, 0.3) is 0 Å². The Balaban J connectivity index is 0.00000540. The second kappa shape index (κ2) is 18.0. The zero-order valence-electron chi connectivity index (χ0n) is 42.2. The summed E-state index contributed by atoms with van der Waals surface area (Å²) in [5.74, 6) is 2.65. The van der Waals surface area contributed by atoms with E-state index in [-0.39, 0.29) is 26.5 Å². The molecule has 6 heterocycles. The van der Waals surface area contributed by atoms with E-state index < -0.39 is 0 Å². The quantitative estimate of drug-likeness (QED) is 0.148. The average molecular weight is 1170 g/mol. The van der Waals surface area contributed by atoms with Crippen LogP contribution in [0.5, 0.6) is 11.5 Å². The van der Waals surface area contributed by atoms with Crippen molar-refractivity contribution in [2.45, 2.75) is 26.2 Å². The second-order valence-corrected chi connectivity index (χ2v) is 20.5. The molecule has 0 radical (unpaired) electrons. The van der Waals surface area contributed by atoms with Crippen molar-refractivity contribution in [3.63, 3.8) is 0 Å². The molecule has 4 aromatic heterocycles. The summed E-state index contributed by atoms with van der Waals surface area (Å²) >= 11 is 0. The summed E-state index contributed by atoms with van der Waals surface area (Å²) in [5.41, 5.74) is 18.2. The predicted molar refractivity (Wildman–Crippen MR) is 308 cm³/mol. The van der Waals surface area contributed by atoms with Crippen molar-refractivity contribution < 1.29 is 25.8 Å². The monoisotopic (exact) mass is 1170 g/mol. The van der Waals surface area contributed by atoms with E-state index in [2.05, 4.69) is 227 Å². The molecule has 0 bridgehead atoms. The molecule has 0 unspecified atom stereocenters. The van der Waals surface area contributed by atoms with Gasteiger partial charge in [-0.3, -0.25) is 0 Å². The van der Waals surface area contributed by atoms with Crippen LogP contribution in [0.2, 0.25) is 0 Å². The zero-order valence-corrected chi connectivity index (χ0v) is 44.5. The van der Waals surface area contributed by atoms with E-state index >= 15 is 0 Å². The molecule has 9 heteroatoms. The molecule has 0 spiro atoms. The summed E-state index contributed by atoms with van der Waals surface area (Å²) in [6, 6.07) is 78.3. The van der Waals surface area contributed by atoms with Crippen LogP contribution in [-0.4, -0.2) is 24.1 Å². The Morgan fingerprint density at radius 2 is 1.19 bits per heavy atom. The van der Waals surface area contributed by atoms with Crippen LogP contribution in [0.3, 0.4) is 0 Å². The third kappa shape index (κ3) is 7.34. The molecular formula is C68H46N7OPt-3. The van der Waals surface area contributed by atoms with Crippen molar-refractivity contribution in [2.24, 2.45) is 0 Å². The molecule has 0 N–H and O–H groups in total. The summed E-state index contributed by atoms with van der Waals surface area (Å²) in [6.07, 6.45) is 5.39. The largest absolute Gasteiger partial charge is 0.509 e. The van der Waals surface area contributed by atoms with Crippen molar-refractivity contribution in [1.29, 1.82) is 0 Å². The number of hydrogen-bond acceptors (Lipinski definition) is 6. The van der Waals surface area contributed by atoms with Gasteiger partial charge in [0.05, 0.1) is 28.6 Å². The molecule has 0 amide bonds. The first kappa shape index (κ1) is 46.4. The summed E-state index contributed by atoms with van der Waals surface area (Å²) in [5, 5.41) is 4.63. The molecule has 2 aliphatic rings. The number of anilines is 4. The molecule has 8 nitrogen and oxygen atoms in total. The first-order valence-electron chi connectivity index (χ1n) is 25.7. The third-order valence-corrected chi connectivity index (χ3v) is 15.1. The molecule has 13 aromatic rings. The molecule has 0 saturated heterocycles. The van der Waals surface area contributed by atoms with E-state index in [0.29, 0.717) is 11.5 Å². The van der Waals surface area contributed by atoms with Crippen LogP contribution in [0.4, 0.5) is 22.9 Å². The number of ether oxygens (including phenoxy) is 1. The first-order valence-corrected chi connectivity index (χ1v) is 25.7. The minimum absolute atomic E-state index is 0. The Bertz CT molecular complexity index is 4420. The van der Waals surface area contributed by atoms with Gasteiger partial charge >= 0.3 is 0 Å². The van der Waals surface area contributed by atoms with E-state index in [4.69, 9.17) is 14.7 Å².